The van der Waals surface area contributed by atoms with Gasteiger partial charge in [0, 0.05) is 46.2 Å². The molecule has 1 unspecified atom stereocenters. The van der Waals surface area contributed by atoms with Crippen molar-refractivity contribution in [3.05, 3.63) is 94.4 Å². The number of aromatic amines is 1. The molecule has 0 radical (unpaired) electrons. The highest BCUT2D eigenvalue weighted by Gasteiger charge is 2.34. The Hall–Kier alpha value is -3.31. The van der Waals surface area contributed by atoms with Crippen molar-refractivity contribution in [2.24, 2.45) is 0 Å². The van der Waals surface area contributed by atoms with Crippen LogP contribution < -0.4 is 5.32 Å². The molecule has 0 bridgehead atoms. The lowest BCUT2D eigenvalue weighted by Crippen LogP contribution is -2.43. The molecule has 2 aromatic heterocycles. The predicted octanol–water partition coefficient (Wildman–Crippen LogP) is 5.70. The molecule has 0 aliphatic carbocycles. The molecule has 1 aliphatic heterocycles. The van der Waals surface area contributed by atoms with Crippen LogP contribution in [0.4, 0.5) is 10.5 Å². The predicted molar refractivity (Wildman–Crippen MR) is 120 cm³/mol. The number of urea groups is 1. The Labute approximate surface area is 179 Å². The van der Waals surface area contributed by atoms with Gasteiger partial charge in [0.2, 0.25) is 0 Å². The molecule has 5 nitrogen and oxygen atoms in total. The maximum atomic E-state index is 13.3. The lowest BCUT2D eigenvalue weighted by molar-refractivity contribution is 0.193. The molecule has 2 N–H and O–H groups in total. The molecule has 1 aliphatic rings. The average molecular weight is 417 g/mol. The van der Waals surface area contributed by atoms with Crippen molar-refractivity contribution in [3.63, 3.8) is 0 Å². The number of aromatic nitrogens is 2. The monoisotopic (exact) mass is 416 g/mol. The molecular formula is C24H21ClN4O. The lowest BCUT2D eigenvalue weighted by atomic mass is 9.93. The van der Waals surface area contributed by atoms with Crippen molar-refractivity contribution in [1.82, 2.24) is 14.9 Å². The summed E-state index contributed by atoms with van der Waals surface area (Å²) in [6.45, 7) is 2.55. The van der Waals surface area contributed by atoms with E-state index in [0.29, 0.717) is 17.3 Å². The van der Waals surface area contributed by atoms with Crippen LogP contribution in [0.1, 0.15) is 28.4 Å². The van der Waals surface area contributed by atoms with E-state index in [9.17, 15) is 4.79 Å². The third-order valence-electron chi connectivity index (χ3n) is 5.72. The van der Waals surface area contributed by atoms with Gasteiger partial charge in [-0.25, -0.2) is 4.79 Å². The summed E-state index contributed by atoms with van der Waals surface area (Å²) in [7, 11) is 0. The number of amides is 2. The van der Waals surface area contributed by atoms with Crippen LogP contribution in [-0.4, -0.2) is 27.4 Å². The fourth-order valence-corrected chi connectivity index (χ4v) is 4.39. The summed E-state index contributed by atoms with van der Waals surface area (Å²) in [5, 5.41) is 4.86. The number of fused-ring (bicyclic) bond motifs is 3. The van der Waals surface area contributed by atoms with Crippen molar-refractivity contribution in [2.75, 3.05) is 11.9 Å². The number of aryl methyl sites for hydroxylation is 1. The first kappa shape index (κ1) is 18.7. The summed E-state index contributed by atoms with van der Waals surface area (Å²) in [5.74, 6) is 0. The number of carbonyl (C=O) groups excluding carboxylic acids is 1. The van der Waals surface area contributed by atoms with E-state index < -0.39 is 0 Å². The average Bonchev–Trinajstić information content (AvgIpc) is 3.15. The zero-order valence-corrected chi connectivity index (χ0v) is 17.3. The first-order valence-electron chi connectivity index (χ1n) is 9.95. The number of hydrogen-bond acceptors (Lipinski definition) is 2. The number of benzene rings is 2. The zero-order chi connectivity index (χ0) is 20.7. The van der Waals surface area contributed by atoms with E-state index in [1.54, 1.807) is 12.3 Å². The van der Waals surface area contributed by atoms with Crippen LogP contribution in [0.15, 0.2) is 67.0 Å². The number of rotatable bonds is 2. The third-order valence-corrected chi connectivity index (χ3v) is 6.13. The Balaban J connectivity index is 1.55. The first-order valence-corrected chi connectivity index (χ1v) is 10.3. The normalized spacial score (nSPS) is 15.8. The highest BCUT2D eigenvalue weighted by molar-refractivity contribution is 6.31. The van der Waals surface area contributed by atoms with Gasteiger partial charge >= 0.3 is 6.03 Å². The Morgan fingerprint density at radius 3 is 2.87 bits per heavy atom. The number of H-pyrrole nitrogens is 1. The Morgan fingerprint density at radius 2 is 2.07 bits per heavy atom. The van der Waals surface area contributed by atoms with Gasteiger partial charge in [-0.15, -0.1) is 0 Å². The van der Waals surface area contributed by atoms with Crippen molar-refractivity contribution in [1.29, 1.82) is 0 Å². The molecule has 6 heteroatoms. The molecule has 2 aromatic carbocycles. The van der Waals surface area contributed by atoms with Crippen LogP contribution in [0.3, 0.4) is 0 Å². The number of pyridine rings is 1. The van der Waals surface area contributed by atoms with Gasteiger partial charge in [0.1, 0.15) is 6.04 Å². The summed E-state index contributed by atoms with van der Waals surface area (Å²) in [6.07, 6.45) is 4.36. The second kappa shape index (κ2) is 7.50. The zero-order valence-electron chi connectivity index (χ0n) is 16.5. The number of para-hydroxylation sites is 1. The number of nitrogens with one attached hydrogen (secondary N) is 2. The van der Waals surface area contributed by atoms with Crippen molar-refractivity contribution in [2.45, 2.75) is 19.4 Å². The van der Waals surface area contributed by atoms with E-state index in [1.165, 1.54) is 10.9 Å². The molecule has 5 rings (SSSR count). The molecule has 2 amide bonds. The first-order chi connectivity index (χ1) is 14.6. The van der Waals surface area contributed by atoms with Crippen LogP contribution in [-0.2, 0) is 6.42 Å². The summed E-state index contributed by atoms with van der Waals surface area (Å²) in [6, 6.07) is 17.4. The molecule has 4 aromatic rings. The number of nitrogens with zero attached hydrogens (tertiary/aromatic N) is 2. The van der Waals surface area contributed by atoms with E-state index in [-0.39, 0.29) is 12.1 Å². The molecular weight excluding hydrogens is 396 g/mol. The lowest BCUT2D eigenvalue weighted by Gasteiger charge is -2.36. The minimum atomic E-state index is -0.240. The van der Waals surface area contributed by atoms with Gasteiger partial charge in [-0.2, -0.15) is 0 Å². The van der Waals surface area contributed by atoms with Gasteiger partial charge in [-0.1, -0.05) is 41.9 Å². The Kier molecular flexibility index (Phi) is 4.68. The fourth-order valence-electron chi connectivity index (χ4n) is 4.21. The SMILES string of the molecule is Cc1ccc(NC(=O)N2CCc3c([nH]c4ccccc34)C2c2cccnc2)cc1Cl. The standard InChI is InChI=1S/C24H21ClN4O/c1-15-8-9-17(13-20(15)25)27-24(30)29-12-10-19-18-6-2-3-7-21(18)28-22(19)23(29)16-5-4-11-26-14-16/h2-9,11,13-14,23,28H,10,12H2,1H3,(H,27,30). The van der Waals surface area contributed by atoms with E-state index in [2.05, 4.69) is 33.5 Å². The number of hydrogen-bond donors (Lipinski definition) is 2. The molecule has 1 atom stereocenters. The van der Waals surface area contributed by atoms with Crippen LogP contribution >= 0.6 is 11.6 Å². The molecule has 0 spiro atoms. The highest BCUT2D eigenvalue weighted by Crippen LogP contribution is 2.38. The van der Waals surface area contributed by atoms with Crippen molar-refractivity contribution >= 4 is 34.2 Å². The Morgan fingerprint density at radius 1 is 1.20 bits per heavy atom. The molecule has 150 valence electrons. The van der Waals surface area contributed by atoms with Crippen LogP contribution in [0.2, 0.25) is 5.02 Å². The smallest absolute Gasteiger partial charge is 0.322 e. The maximum absolute atomic E-state index is 13.3. The van der Waals surface area contributed by atoms with Gasteiger partial charge in [-0.3, -0.25) is 4.98 Å². The van der Waals surface area contributed by atoms with Crippen LogP contribution in [0, 0.1) is 6.92 Å². The molecule has 0 saturated carbocycles. The number of anilines is 1. The molecule has 0 fully saturated rings. The molecule has 3 heterocycles. The second-order valence-corrected chi connectivity index (χ2v) is 8.00. The van der Waals surface area contributed by atoms with Crippen molar-refractivity contribution < 1.29 is 4.79 Å². The summed E-state index contributed by atoms with van der Waals surface area (Å²) >= 11 is 6.24. The molecule has 0 saturated heterocycles. The Bertz CT molecular complexity index is 1230. The summed E-state index contributed by atoms with van der Waals surface area (Å²) in [5.41, 5.74) is 6.03. The third kappa shape index (κ3) is 3.21. The van der Waals surface area contributed by atoms with E-state index in [0.717, 1.165) is 28.8 Å². The topological polar surface area (TPSA) is 61.0 Å². The van der Waals surface area contributed by atoms with Crippen LogP contribution in [0.5, 0.6) is 0 Å². The maximum Gasteiger partial charge on any atom is 0.322 e. The van der Waals surface area contributed by atoms with Gasteiger partial charge in [0.25, 0.3) is 0 Å². The second-order valence-electron chi connectivity index (χ2n) is 7.59. The van der Waals surface area contributed by atoms with Gasteiger partial charge < -0.3 is 15.2 Å². The molecule has 30 heavy (non-hydrogen) atoms. The van der Waals surface area contributed by atoms with Crippen LogP contribution in [0.25, 0.3) is 10.9 Å². The minimum absolute atomic E-state index is 0.159. The quantitative estimate of drug-likeness (QED) is 0.440. The van der Waals surface area contributed by atoms with Gasteiger partial charge in [0.05, 0.1) is 0 Å². The van der Waals surface area contributed by atoms with E-state index in [4.69, 9.17) is 11.6 Å². The largest absolute Gasteiger partial charge is 0.356 e. The van der Waals surface area contributed by atoms with Gasteiger partial charge in [0.15, 0.2) is 0 Å². The number of halogens is 1. The number of carbonyl (C=O) groups is 1. The minimum Gasteiger partial charge on any atom is -0.356 e. The van der Waals surface area contributed by atoms with E-state index >= 15 is 0 Å². The van der Waals surface area contributed by atoms with E-state index in [1.807, 2.05) is 48.4 Å². The van der Waals surface area contributed by atoms with Crippen molar-refractivity contribution in [3.8, 4) is 0 Å². The fraction of sp³-hybridized carbons (Fsp3) is 0.167. The van der Waals surface area contributed by atoms with Gasteiger partial charge in [-0.05, 0) is 54.3 Å². The summed E-state index contributed by atoms with van der Waals surface area (Å²) in [4.78, 5) is 23.0. The highest BCUT2D eigenvalue weighted by atomic mass is 35.5. The summed E-state index contributed by atoms with van der Waals surface area (Å²) < 4.78 is 0.